The van der Waals surface area contributed by atoms with Gasteiger partial charge in [-0.05, 0) is 43.9 Å². The molecule has 0 bridgehead atoms. The molecule has 26 heavy (non-hydrogen) atoms. The van der Waals surface area contributed by atoms with Crippen LogP contribution in [0.4, 0.5) is 4.79 Å². The van der Waals surface area contributed by atoms with Crippen molar-refractivity contribution in [2.75, 3.05) is 6.54 Å². The molecule has 1 spiro atoms. The molecule has 7 heteroatoms. The first-order valence-electron chi connectivity index (χ1n) is 8.93. The van der Waals surface area contributed by atoms with E-state index in [0.717, 1.165) is 31.2 Å². The molecule has 1 aromatic carbocycles. The standard InChI is InChI=1S/C19H22Cl2N2O3/c1-3-11-9-12(20)10-13(21)14(11)15-16(26-18(25)22-4-2)19(23-17(15)24)7-5-6-8-19/h9-10H,3-8H2,1-2H3,(H,22,25)(H,23,24). The number of ether oxygens (including phenoxy) is 1. The lowest BCUT2D eigenvalue weighted by Gasteiger charge is -2.26. The van der Waals surface area contributed by atoms with Crippen LogP contribution in [0.25, 0.3) is 5.57 Å². The summed E-state index contributed by atoms with van der Waals surface area (Å²) in [6.07, 6.45) is 3.49. The van der Waals surface area contributed by atoms with Crippen molar-refractivity contribution < 1.29 is 14.3 Å². The number of carbonyl (C=O) groups excluding carboxylic acids is 2. The van der Waals surface area contributed by atoms with Crippen molar-refractivity contribution >= 4 is 40.8 Å². The lowest BCUT2D eigenvalue weighted by atomic mass is 9.91. The second-order valence-electron chi connectivity index (χ2n) is 6.64. The largest absolute Gasteiger partial charge is 0.412 e. The van der Waals surface area contributed by atoms with Gasteiger partial charge in [-0.15, -0.1) is 0 Å². The second-order valence-corrected chi connectivity index (χ2v) is 7.49. The molecule has 1 heterocycles. The Morgan fingerprint density at radius 3 is 2.58 bits per heavy atom. The number of aryl methyl sites for hydroxylation is 1. The number of halogens is 2. The number of carbonyl (C=O) groups is 2. The van der Waals surface area contributed by atoms with Crippen molar-refractivity contribution in [2.45, 2.75) is 51.5 Å². The van der Waals surface area contributed by atoms with Gasteiger partial charge in [-0.25, -0.2) is 4.79 Å². The van der Waals surface area contributed by atoms with Crippen molar-refractivity contribution in [3.05, 3.63) is 39.1 Å². The Hall–Kier alpha value is -1.72. The Kier molecular flexibility index (Phi) is 5.49. The van der Waals surface area contributed by atoms with Gasteiger partial charge >= 0.3 is 6.09 Å². The number of amides is 2. The third kappa shape index (κ3) is 3.30. The highest BCUT2D eigenvalue weighted by Gasteiger charge is 2.50. The van der Waals surface area contributed by atoms with Crippen LogP contribution >= 0.6 is 23.2 Å². The SMILES string of the molecule is CCNC(=O)OC1=C(c2c(Cl)cc(Cl)cc2CC)C(=O)NC12CCCC2. The summed E-state index contributed by atoms with van der Waals surface area (Å²) in [4.78, 5) is 25.1. The van der Waals surface area contributed by atoms with Crippen LogP contribution in [0.2, 0.25) is 10.0 Å². The van der Waals surface area contributed by atoms with Gasteiger partial charge < -0.3 is 15.4 Å². The van der Waals surface area contributed by atoms with Gasteiger partial charge in [-0.1, -0.05) is 43.0 Å². The van der Waals surface area contributed by atoms with Gasteiger partial charge in [0.1, 0.15) is 5.76 Å². The average Bonchev–Trinajstić information content (AvgIpc) is 3.14. The number of alkyl carbamates (subject to hydrolysis) is 1. The zero-order valence-corrected chi connectivity index (χ0v) is 16.4. The molecule has 1 aliphatic carbocycles. The van der Waals surface area contributed by atoms with Crippen LogP contribution in [-0.4, -0.2) is 24.1 Å². The molecule has 1 saturated carbocycles. The molecule has 1 aromatic rings. The maximum Gasteiger partial charge on any atom is 0.412 e. The molecule has 2 amide bonds. The molecule has 0 unspecified atom stereocenters. The number of benzene rings is 1. The van der Waals surface area contributed by atoms with Crippen molar-refractivity contribution in [3.8, 4) is 0 Å². The van der Waals surface area contributed by atoms with Gasteiger partial charge in [0.2, 0.25) is 0 Å². The fourth-order valence-corrected chi connectivity index (χ4v) is 4.47. The van der Waals surface area contributed by atoms with E-state index in [-0.39, 0.29) is 5.91 Å². The summed E-state index contributed by atoms with van der Waals surface area (Å²) in [5, 5.41) is 6.58. The summed E-state index contributed by atoms with van der Waals surface area (Å²) in [6, 6.07) is 3.41. The summed E-state index contributed by atoms with van der Waals surface area (Å²) in [5.41, 5.74) is 1.15. The van der Waals surface area contributed by atoms with E-state index in [2.05, 4.69) is 10.6 Å². The van der Waals surface area contributed by atoms with E-state index in [1.165, 1.54) is 0 Å². The van der Waals surface area contributed by atoms with Gasteiger partial charge in [-0.3, -0.25) is 4.79 Å². The predicted molar refractivity (Wildman–Crippen MR) is 102 cm³/mol. The van der Waals surface area contributed by atoms with Gasteiger partial charge in [0.05, 0.1) is 16.1 Å². The molecule has 2 N–H and O–H groups in total. The van der Waals surface area contributed by atoms with Crippen LogP contribution in [0.15, 0.2) is 17.9 Å². The molecule has 2 aliphatic rings. The molecule has 5 nitrogen and oxygen atoms in total. The van der Waals surface area contributed by atoms with E-state index in [1.54, 1.807) is 12.1 Å². The van der Waals surface area contributed by atoms with E-state index < -0.39 is 11.6 Å². The summed E-state index contributed by atoms with van der Waals surface area (Å²) >= 11 is 12.6. The normalized spacial score (nSPS) is 18.4. The third-order valence-electron chi connectivity index (χ3n) is 4.98. The van der Waals surface area contributed by atoms with E-state index in [0.29, 0.717) is 39.9 Å². The number of nitrogens with one attached hydrogen (secondary N) is 2. The van der Waals surface area contributed by atoms with Crippen LogP contribution < -0.4 is 10.6 Å². The smallest absolute Gasteiger partial charge is 0.411 e. The molecule has 1 aliphatic heterocycles. The lowest BCUT2D eigenvalue weighted by molar-refractivity contribution is -0.116. The highest BCUT2D eigenvalue weighted by molar-refractivity contribution is 6.38. The zero-order valence-electron chi connectivity index (χ0n) is 14.9. The Morgan fingerprint density at radius 1 is 1.27 bits per heavy atom. The molecule has 0 aromatic heterocycles. The topological polar surface area (TPSA) is 67.4 Å². The molecular formula is C19H22Cl2N2O3. The first-order valence-corrected chi connectivity index (χ1v) is 9.68. The third-order valence-corrected chi connectivity index (χ3v) is 5.50. The van der Waals surface area contributed by atoms with Crippen LogP contribution in [0.5, 0.6) is 0 Å². The maximum absolute atomic E-state index is 12.9. The molecule has 140 valence electrons. The van der Waals surface area contributed by atoms with Gasteiger partial charge in [0.15, 0.2) is 0 Å². The Morgan fingerprint density at radius 2 is 1.96 bits per heavy atom. The fraction of sp³-hybridized carbons (Fsp3) is 0.474. The van der Waals surface area contributed by atoms with E-state index >= 15 is 0 Å². The van der Waals surface area contributed by atoms with Crippen molar-refractivity contribution in [2.24, 2.45) is 0 Å². The number of hydrogen-bond donors (Lipinski definition) is 2. The van der Waals surface area contributed by atoms with E-state index in [1.807, 2.05) is 13.8 Å². The number of rotatable bonds is 4. The lowest BCUT2D eigenvalue weighted by Crippen LogP contribution is -2.43. The molecule has 0 radical (unpaired) electrons. The quantitative estimate of drug-likeness (QED) is 0.789. The zero-order chi connectivity index (χ0) is 18.9. The molecule has 0 saturated heterocycles. The van der Waals surface area contributed by atoms with E-state index in [4.69, 9.17) is 27.9 Å². The number of hydrogen-bond acceptors (Lipinski definition) is 3. The van der Waals surface area contributed by atoms with Crippen molar-refractivity contribution in [1.82, 2.24) is 10.6 Å². The molecular weight excluding hydrogens is 375 g/mol. The van der Waals surface area contributed by atoms with E-state index in [9.17, 15) is 9.59 Å². The molecule has 0 atom stereocenters. The summed E-state index contributed by atoms with van der Waals surface area (Å²) < 4.78 is 5.67. The second kappa shape index (κ2) is 7.49. The first kappa shape index (κ1) is 19.1. The van der Waals surface area contributed by atoms with Crippen molar-refractivity contribution in [3.63, 3.8) is 0 Å². The summed E-state index contributed by atoms with van der Waals surface area (Å²) in [5.74, 6) is 0.120. The highest BCUT2D eigenvalue weighted by Crippen LogP contribution is 2.46. The Labute approximate surface area is 163 Å². The monoisotopic (exact) mass is 396 g/mol. The minimum atomic E-state index is -0.633. The van der Waals surface area contributed by atoms with Crippen LogP contribution in [0.1, 0.15) is 50.7 Å². The first-order chi connectivity index (χ1) is 12.4. The van der Waals surface area contributed by atoms with Crippen LogP contribution in [-0.2, 0) is 16.0 Å². The molecule has 1 fully saturated rings. The van der Waals surface area contributed by atoms with Gasteiger partial charge in [0.25, 0.3) is 5.91 Å². The Balaban J connectivity index is 2.19. The minimum absolute atomic E-state index is 0.259. The average molecular weight is 397 g/mol. The van der Waals surface area contributed by atoms with Gasteiger partial charge in [0, 0.05) is 17.1 Å². The predicted octanol–water partition coefficient (Wildman–Crippen LogP) is 4.46. The Bertz CT molecular complexity index is 783. The minimum Gasteiger partial charge on any atom is -0.411 e. The fourth-order valence-electron chi connectivity index (χ4n) is 3.84. The molecule has 3 rings (SSSR count). The summed E-state index contributed by atoms with van der Waals surface area (Å²) in [6.45, 7) is 4.22. The van der Waals surface area contributed by atoms with Crippen LogP contribution in [0, 0.1) is 0 Å². The maximum atomic E-state index is 12.9. The van der Waals surface area contributed by atoms with Crippen molar-refractivity contribution in [1.29, 1.82) is 0 Å². The van der Waals surface area contributed by atoms with Crippen LogP contribution in [0.3, 0.4) is 0 Å². The highest BCUT2D eigenvalue weighted by atomic mass is 35.5. The van der Waals surface area contributed by atoms with Gasteiger partial charge in [-0.2, -0.15) is 0 Å². The summed E-state index contributed by atoms with van der Waals surface area (Å²) in [7, 11) is 0.